The van der Waals surface area contributed by atoms with Crippen LogP contribution in [0.3, 0.4) is 0 Å². The molecule has 1 amide bonds. The van der Waals surface area contributed by atoms with Gasteiger partial charge in [-0.1, -0.05) is 18.6 Å². The first-order chi connectivity index (χ1) is 12.6. The van der Waals surface area contributed by atoms with E-state index in [4.69, 9.17) is 4.74 Å². The normalized spacial score (nSPS) is 15.3. The van der Waals surface area contributed by atoms with Gasteiger partial charge >= 0.3 is 0 Å². The molecular weight excluding hydrogens is 455 g/mol. The average molecular weight is 488 g/mol. The van der Waals surface area contributed by atoms with E-state index in [0.29, 0.717) is 11.0 Å². The summed E-state index contributed by atoms with van der Waals surface area (Å²) >= 11 is 0. The molecule has 0 atom stereocenters. The molecule has 6 nitrogen and oxygen atoms in total. The van der Waals surface area contributed by atoms with Crippen molar-refractivity contribution in [2.24, 2.45) is 10.4 Å². The van der Waals surface area contributed by atoms with E-state index in [0.717, 1.165) is 44.1 Å². The molecule has 1 saturated carbocycles. The summed E-state index contributed by atoms with van der Waals surface area (Å²) in [5.41, 5.74) is 2.18. The van der Waals surface area contributed by atoms with E-state index >= 15 is 0 Å². The Morgan fingerprint density at radius 2 is 2.07 bits per heavy atom. The van der Waals surface area contributed by atoms with E-state index in [1.807, 2.05) is 24.3 Å². The summed E-state index contributed by atoms with van der Waals surface area (Å²) in [5.74, 6) is 0.773. The second-order valence-electron chi connectivity index (χ2n) is 6.98. The highest BCUT2D eigenvalue weighted by molar-refractivity contribution is 14.0. The van der Waals surface area contributed by atoms with Crippen molar-refractivity contribution in [2.45, 2.75) is 32.1 Å². The number of carbonyl (C=O) groups excluding carboxylic acids is 1. The molecule has 2 rings (SSSR count). The molecule has 0 aliphatic heterocycles. The Balaban J connectivity index is 0.00000364. The quantitative estimate of drug-likeness (QED) is 0.284. The summed E-state index contributed by atoms with van der Waals surface area (Å²) in [6, 6.07) is 7.72. The Labute approximate surface area is 179 Å². The molecule has 152 valence electrons. The molecule has 0 spiro atoms. The van der Waals surface area contributed by atoms with Gasteiger partial charge in [-0.3, -0.25) is 9.79 Å². The molecule has 0 bridgehead atoms. The summed E-state index contributed by atoms with van der Waals surface area (Å²) in [5, 5.41) is 9.49. The number of carbonyl (C=O) groups is 1. The van der Waals surface area contributed by atoms with Crippen LogP contribution >= 0.6 is 24.0 Å². The topological polar surface area (TPSA) is 74.8 Å². The van der Waals surface area contributed by atoms with Crippen LogP contribution in [0.15, 0.2) is 29.3 Å². The van der Waals surface area contributed by atoms with Crippen LogP contribution in [0.2, 0.25) is 0 Å². The number of nitrogens with zero attached hydrogens (tertiary/aromatic N) is 1. The van der Waals surface area contributed by atoms with Gasteiger partial charge in [-0.2, -0.15) is 0 Å². The minimum atomic E-state index is -0.0564. The lowest BCUT2D eigenvalue weighted by Gasteiger charge is -2.42. The van der Waals surface area contributed by atoms with Gasteiger partial charge in [-0.05, 0) is 48.8 Å². The van der Waals surface area contributed by atoms with Crippen LogP contribution in [0.4, 0.5) is 0 Å². The summed E-state index contributed by atoms with van der Waals surface area (Å²) in [6.07, 6.45) is 5.75. The third-order valence-electron chi connectivity index (χ3n) is 5.23. The molecule has 1 aliphatic carbocycles. The molecular formula is C20H33IN4O2. The number of hydrogen-bond acceptors (Lipinski definition) is 3. The number of guanidine groups is 1. The van der Waals surface area contributed by atoms with E-state index in [9.17, 15) is 4.79 Å². The van der Waals surface area contributed by atoms with Crippen molar-refractivity contribution in [3.63, 3.8) is 0 Å². The first-order valence-corrected chi connectivity index (χ1v) is 9.37. The van der Waals surface area contributed by atoms with E-state index in [-0.39, 0.29) is 29.9 Å². The lowest BCUT2D eigenvalue weighted by atomic mass is 9.67. The van der Waals surface area contributed by atoms with E-state index < -0.39 is 0 Å². The fourth-order valence-electron chi connectivity index (χ4n) is 3.34. The molecule has 0 radical (unpaired) electrons. The zero-order chi connectivity index (χ0) is 18.8. The number of ether oxygens (including phenoxy) is 1. The zero-order valence-corrected chi connectivity index (χ0v) is 19.0. The summed E-state index contributed by atoms with van der Waals surface area (Å²) in [7, 11) is 5.21. The number of rotatable bonds is 9. The first kappa shape index (κ1) is 23.7. The summed E-state index contributed by atoms with van der Waals surface area (Å²) in [6.45, 7) is 2.51. The Morgan fingerprint density at radius 3 is 2.67 bits per heavy atom. The van der Waals surface area contributed by atoms with Gasteiger partial charge in [0.05, 0.1) is 0 Å². The second kappa shape index (κ2) is 12.2. The number of halogens is 1. The van der Waals surface area contributed by atoms with Gasteiger partial charge in [0.2, 0.25) is 0 Å². The van der Waals surface area contributed by atoms with E-state index in [2.05, 4.69) is 20.9 Å². The van der Waals surface area contributed by atoms with Crippen LogP contribution in [-0.4, -0.2) is 52.8 Å². The van der Waals surface area contributed by atoms with Gasteiger partial charge < -0.3 is 20.7 Å². The molecule has 27 heavy (non-hydrogen) atoms. The predicted octanol–water partition coefficient (Wildman–Crippen LogP) is 2.58. The van der Waals surface area contributed by atoms with Gasteiger partial charge in [0.15, 0.2) is 5.96 Å². The molecule has 1 aromatic carbocycles. The van der Waals surface area contributed by atoms with Crippen molar-refractivity contribution in [3.8, 4) is 0 Å². The molecule has 0 unspecified atom stereocenters. The van der Waals surface area contributed by atoms with Crippen molar-refractivity contribution in [3.05, 3.63) is 35.4 Å². The third-order valence-corrected chi connectivity index (χ3v) is 5.23. The zero-order valence-electron chi connectivity index (χ0n) is 16.6. The van der Waals surface area contributed by atoms with E-state index in [1.54, 1.807) is 21.2 Å². The monoisotopic (exact) mass is 488 g/mol. The van der Waals surface area contributed by atoms with Gasteiger partial charge in [0.25, 0.3) is 5.91 Å². The lowest BCUT2D eigenvalue weighted by Crippen LogP contribution is -2.47. The molecule has 1 fully saturated rings. The number of amides is 1. The van der Waals surface area contributed by atoms with Crippen LogP contribution in [0.25, 0.3) is 0 Å². The summed E-state index contributed by atoms with van der Waals surface area (Å²) < 4.78 is 5.25. The largest absolute Gasteiger partial charge is 0.385 e. The van der Waals surface area contributed by atoms with Crippen molar-refractivity contribution >= 4 is 35.8 Å². The molecule has 0 heterocycles. The number of benzene rings is 1. The van der Waals surface area contributed by atoms with Gasteiger partial charge in [0.1, 0.15) is 0 Å². The SMILES string of the molecule is CN=C(NCCc1cccc(C(=O)NC)c1)NCC1(CCOC)CCC1.I. The van der Waals surface area contributed by atoms with E-state index in [1.165, 1.54) is 19.3 Å². The Kier molecular flexibility index (Phi) is 10.7. The Morgan fingerprint density at radius 1 is 1.30 bits per heavy atom. The molecule has 7 heteroatoms. The molecule has 1 aliphatic rings. The number of hydrogen-bond donors (Lipinski definition) is 3. The van der Waals surface area contributed by atoms with Crippen LogP contribution in [0.5, 0.6) is 0 Å². The number of nitrogens with one attached hydrogen (secondary N) is 3. The maximum Gasteiger partial charge on any atom is 0.251 e. The van der Waals surface area contributed by atoms with Crippen LogP contribution < -0.4 is 16.0 Å². The van der Waals surface area contributed by atoms with Crippen LogP contribution in [0, 0.1) is 5.41 Å². The maximum atomic E-state index is 11.7. The smallest absolute Gasteiger partial charge is 0.251 e. The molecule has 3 N–H and O–H groups in total. The second-order valence-corrected chi connectivity index (χ2v) is 6.98. The number of aliphatic imine (C=N–C) groups is 1. The van der Waals surface area contributed by atoms with Gasteiger partial charge in [-0.25, -0.2) is 0 Å². The highest BCUT2D eigenvalue weighted by Crippen LogP contribution is 2.43. The standard InChI is InChI=1S/C20H32N4O2.HI/c1-21-18(25)17-7-4-6-16(14-17)8-12-23-19(22-2)24-15-20(9-5-10-20)11-13-26-3;/h4,6-7,14H,5,8-13,15H2,1-3H3,(H,21,25)(H2,22,23,24);1H. The predicted molar refractivity (Wildman–Crippen MR) is 121 cm³/mol. The molecule has 0 saturated heterocycles. The minimum Gasteiger partial charge on any atom is -0.385 e. The average Bonchev–Trinajstić information content (AvgIpc) is 2.64. The van der Waals surface area contributed by atoms with Crippen molar-refractivity contribution in [1.82, 2.24) is 16.0 Å². The lowest BCUT2D eigenvalue weighted by molar-refractivity contribution is 0.0732. The highest BCUT2D eigenvalue weighted by Gasteiger charge is 2.36. The van der Waals surface area contributed by atoms with Crippen LogP contribution in [-0.2, 0) is 11.2 Å². The van der Waals surface area contributed by atoms with Crippen molar-refractivity contribution in [1.29, 1.82) is 0 Å². The van der Waals surface area contributed by atoms with Crippen molar-refractivity contribution < 1.29 is 9.53 Å². The van der Waals surface area contributed by atoms with Crippen molar-refractivity contribution in [2.75, 3.05) is 40.9 Å². The molecule has 1 aromatic rings. The van der Waals surface area contributed by atoms with Gasteiger partial charge in [-0.15, -0.1) is 24.0 Å². The fraction of sp³-hybridized carbons (Fsp3) is 0.600. The molecule has 0 aromatic heterocycles. The third kappa shape index (κ3) is 7.29. The van der Waals surface area contributed by atoms with Crippen LogP contribution in [0.1, 0.15) is 41.6 Å². The highest BCUT2D eigenvalue weighted by atomic mass is 127. The maximum absolute atomic E-state index is 11.7. The Bertz CT molecular complexity index is 618. The first-order valence-electron chi connectivity index (χ1n) is 9.37. The van der Waals surface area contributed by atoms with Gasteiger partial charge in [0, 0.05) is 46.5 Å². The fourth-order valence-corrected chi connectivity index (χ4v) is 3.34. The number of methoxy groups -OCH3 is 1. The minimum absolute atomic E-state index is 0. The summed E-state index contributed by atoms with van der Waals surface area (Å²) in [4.78, 5) is 16.0. The Hall–Kier alpha value is -1.35.